The Kier molecular flexibility index (Phi) is 5.27. The fraction of sp³-hybridized carbons (Fsp3) is 0.440. The van der Waals surface area contributed by atoms with Crippen molar-refractivity contribution in [2.75, 3.05) is 19.7 Å². The second kappa shape index (κ2) is 7.95. The minimum absolute atomic E-state index is 0.119. The first-order chi connectivity index (χ1) is 15.0. The first-order valence-electron chi connectivity index (χ1n) is 11.0. The molecule has 2 aromatic carbocycles. The summed E-state index contributed by atoms with van der Waals surface area (Å²) in [6.07, 6.45) is 4.91. The molecule has 0 unspecified atom stereocenters. The summed E-state index contributed by atoms with van der Waals surface area (Å²) in [5, 5.41) is 9.55. The largest absolute Gasteiger partial charge is 0.478 e. The molecule has 0 aromatic heterocycles. The zero-order chi connectivity index (χ0) is 21.6. The van der Waals surface area contributed by atoms with Gasteiger partial charge >= 0.3 is 5.97 Å². The smallest absolute Gasteiger partial charge is 0.337 e. The van der Waals surface area contributed by atoms with Crippen molar-refractivity contribution in [2.24, 2.45) is 5.41 Å². The Morgan fingerprint density at radius 2 is 1.77 bits per heavy atom. The molecule has 3 fully saturated rings. The van der Waals surface area contributed by atoms with Gasteiger partial charge in [-0.05, 0) is 72.3 Å². The first-order valence-corrected chi connectivity index (χ1v) is 11.4. The molecule has 5 rings (SSSR count). The van der Waals surface area contributed by atoms with Crippen LogP contribution in [0.2, 0.25) is 5.02 Å². The summed E-state index contributed by atoms with van der Waals surface area (Å²) in [5.41, 5.74) is 3.60. The van der Waals surface area contributed by atoms with Crippen LogP contribution in [0.5, 0.6) is 0 Å². The van der Waals surface area contributed by atoms with Gasteiger partial charge in [-0.3, -0.25) is 4.79 Å². The van der Waals surface area contributed by atoms with Crippen molar-refractivity contribution in [1.29, 1.82) is 0 Å². The number of aromatic carboxylic acids is 1. The molecular weight excluding hydrogens is 414 g/mol. The van der Waals surface area contributed by atoms with Crippen molar-refractivity contribution >= 4 is 23.5 Å². The van der Waals surface area contributed by atoms with Crippen LogP contribution in [0.4, 0.5) is 0 Å². The number of piperidine rings is 1. The number of likely N-dealkylation sites (tertiary alicyclic amines) is 1. The minimum atomic E-state index is -1.02. The molecule has 0 bridgehead atoms. The molecule has 1 spiro atoms. The second-order valence-electron chi connectivity index (χ2n) is 9.07. The van der Waals surface area contributed by atoms with Crippen LogP contribution in [0.15, 0.2) is 42.5 Å². The van der Waals surface area contributed by atoms with Crippen molar-refractivity contribution in [1.82, 2.24) is 4.90 Å². The average Bonchev–Trinajstić information content (AvgIpc) is 3.21. The predicted octanol–water partition coefficient (Wildman–Crippen LogP) is 4.98. The maximum absolute atomic E-state index is 12.6. The van der Waals surface area contributed by atoms with Crippen molar-refractivity contribution in [3.05, 3.63) is 58.6 Å². The lowest BCUT2D eigenvalue weighted by Crippen LogP contribution is -2.44. The van der Waals surface area contributed by atoms with Crippen molar-refractivity contribution in [2.45, 2.75) is 44.1 Å². The highest BCUT2D eigenvalue weighted by atomic mass is 35.5. The normalized spacial score (nSPS) is 24.4. The third kappa shape index (κ3) is 3.85. The van der Waals surface area contributed by atoms with Gasteiger partial charge in [0.25, 0.3) is 5.91 Å². The molecule has 2 aromatic rings. The summed E-state index contributed by atoms with van der Waals surface area (Å²) >= 11 is 5.99. The van der Waals surface area contributed by atoms with E-state index in [-0.39, 0.29) is 22.6 Å². The topological polar surface area (TPSA) is 66.8 Å². The van der Waals surface area contributed by atoms with Crippen LogP contribution < -0.4 is 0 Å². The summed E-state index contributed by atoms with van der Waals surface area (Å²) in [6, 6.07) is 13.6. The zero-order valence-corrected chi connectivity index (χ0v) is 18.1. The first kappa shape index (κ1) is 20.5. The number of ether oxygens (including phenoxy) is 1. The van der Waals surface area contributed by atoms with E-state index in [0.29, 0.717) is 17.9 Å². The van der Waals surface area contributed by atoms with Gasteiger partial charge in [0.05, 0.1) is 10.6 Å². The van der Waals surface area contributed by atoms with Gasteiger partial charge in [0, 0.05) is 19.7 Å². The summed E-state index contributed by atoms with van der Waals surface area (Å²) in [6.45, 7) is 2.37. The number of benzene rings is 2. The van der Waals surface area contributed by atoms with Crippen LogP contribution in [0.3, 0.4) is 0 Å². The molecule has 2 saturated heterocycles. The number of rotatable bonds is 4. The molecule has 162 valence electrons. The highest BCUT2D eigenvalue weighted by Gasteiger charge is 2.55. The molecule has 6 heteroatoms. The van der Waals surface area contributed by atoms with Gasteiger partial charge in [0.15, 0.2) is 0 Å². The molecule has 1 N–H and O–H groups in total. The molecule has 2 atom stereocenters. The molecule has 1 amide bonds. The van der Waals surface area contributed by atoms with Gasteiger partial charge in [-0.25, -0.2) is 4.79 Å². The Hall–Kier alpha value is -2.37. The number of carbonyl (C=O) groups excluding carboxylic acids is 1. The summed E-state index contributed by atoms with van der Waals surface area (Å²) in [5.74, 6) is -0.299. The molecular formula is C25H26ClNO4. The number of carbonyl (C=O) groups is 2. The quantitative estimate of drug-likeness (QED) is 0.729. The molecule has 1 saturated carbocycles. The van der Waals surface area contributed by atoms with Crippen LogP contribution >= 0.6 is 11.6 Å². The molecule has 1 aliphatic carbocycles. The lowest BCUT2D eigenvalue weighted by molar-refractivity contribution is -0.142. The number of carboxylic acid groups (broad SMARTS) is 1. The van der Waals surface area contributed by atoms with E-state index in [9.17, 15) is 14.7 Å². The lowest BCUT2D eigenvalue weighted by atomic mass is 9.88. The standard InChI is InChI=1S/C25H26ClNO4/c26-21-8-7-18(14-19(21)24(29)30)16-3-5-17(6-4-16)20-15-25(20)9-11-27(12-10-25)23(28)22-2-1-13-31-22/h3-8,14,20,22H,1-2,9-13,15H2,(H,29,30)/t20-,22-/m1/s1. The number of carboxylic acids is 1. The van der Waals surface area contributed by atoms with E-state index >= 15 is 0 Å². The molecule has 3 aliphatic rings. The number of amides is 1. The van der Waals surface area contributed by atoms with E-state index in [0.717, 1.165) is 49.9 Å². The van der Waals surface area contributed by atoms with Gasteiger partial charge in [-0.1, -0.05) is 41.9 Å². The predicted molar refractivity (Wildman–Crippen MR) is 118 cm³/mol. The number of nitrogens with zero attached hydrogens (tertiary/aromatic N) is 1. The SMILES string of the molecule is O=C(O)c1cc(-c2ccc([C@H]3CC34CCN(C(=O)[C@H]3CCCO3)CC4)cc2)ccc1Cl. The Labute approximate surface area is 187 Å². The summed E-state index contributed by atoms with van der Waals surface area (Å²) in [4.78, 5) is 26.0. The summed E-state index contributed by atoms with van der Waals surface area (Å²) in [7, 11) is 0. The molecule has 31 heavy (non-hydrogen) atoms. The van der Waals surface area contributed by atoms with Crippen LogP contribution in [0.25, 0.3) is 11.1 Å². The van der Waals surface area contributed by atoms with Crippen LogP contribution in [-0.2, 0) is 9.53 Å². The summed E-state index contributed by atoms with van der Waals surface area (Å²) < 4.78 is 5.57. The van der Waals surface area contributed by atoms with E-state index in [1.807, 2.05) is 11.0 Å². The molecule has 5 nitrogen and oxygen atoms in total. The van der Waals surface area contributed by atoms with E-state index in [2.05, 4.69) is 24.3 Å². The lowest BCUT2D eigenvalue weighted by Gasteiger charge is -2.34. The van der Waals surface area contributed by atoms with Crippen molar-refractivity contribution in [3.8, 4) is 11.1 Å². The highest BCUT2D eigenvalue weighted by molar-refractivity contribution is 6.33. The Bertz CT molecular complexity index is 1000. The maximum atomic E-state index is 12.6. The Morgan fingerprint density at radius 3 is 2.42 bits per heavy atom. The fourth-order valence-corrected chi connectivity index (χ4v) is 5.50. The van der Waals surface area contributed by atoms with Gasteiger partial charge in [0.2, 0.25) is 0 Å². The Morgan fingerprint density at radius 1 is 1.06 bits per heavy atom. The number of hydrogen-bond donors (Lipinski definition) is 1. The monoisotopic (exact) mass is 439 g/mol. The van der Waals surface area contributed by atoms with E-state index in [1.54, 1.807) is 12.1 Å². The number of halogens is 1. The fourth-order valence-electron chi connectivity index (χ4n) is 5.30. The second-order valence-corrected chi connectivity index (χ2v) is 9.48. The molecule has 2 aliphatic heterocycles. The van der Waals surface area contributed by atoms with Crippen LogP contribution in [0.1, 0.15) is 53.9 Å². The third-order valence-corrected chi connectivity index (χ3v) is 7.64. The maximum Gasteiger partial charge on any atom is 0.337 e. The van der Waals surface area contributed by atoms with Crippen molar-refractivity contribution < 1.29 is 19.4 Å². The highest BCUT2D eigenvalue weighted by Crippen LogP contribution is 2.65. The van der Waals surface area contributed by atoms with Gasteiger partial charge in [0.1, 0.15) is 6.10 Å². The van der Waals surface area contributed by atoms with Gasteiger partial charge in [-0.15, -0.1) is 0 Å². The van der Waals surface area contributed by atoms with Crippen molar-refractivity contribution in [3.63, 3.8) is 0 Å². The average molecular weight is 440 g/mol. The third-order valence-electron chi connectivity index (χ3n) is 7.31. The molecule has 2 heterocycles. The zero-order valence-electron chi connectivity index (χ0n) is 17.4. The van der Waals surface area contributed by atoms with E-state index in [1.165, 1.54) is 12.0 Å². The number of hydrogen-bond acceptors (Lipinski definition) is 3. The minimum Gasteiger partial charge on any atom is -0.478 e. The van der Waals surface area contributed by atoms with E-state index in [4.69, 9.17) is 16.3 Å². The Balaban J connectivity index is 1.24. The van der Waals surface area contributed by atoms with Gasteiger partial charge in [-0.2, -0.15) is 0 Å². The van der Waals surface area contributed by atoms with E-state index < -0.39 is 5.97 Å². The molecule has 0 radical (unpaired) electrons. The van der Waals surface area contributed by atoms with Gasteiger partial charge < -0.3 is 14.7 Å². The van der Waals surface area contributed by atoms with Crippen LogP contribution in [-0.4, -0.2) is 47.7 Å². The van der Waals surface area contributed by atoms with Crippen LogP contribution in [0, 0.1) is 5.41 Å².